The van der Waals surface area contributed by atoms with E-state index in [-0.39, 0.29) is 12.1 Å². The number of nitrogens with one attached hydrogen (secondary N) is 1. The smallest absolute Gasteiger partial charge is 0.149 e. The predicted molar refractivity (Wildman–Crippen MR) is 62.8 cm³/mol. The lowest BCUT2D eigenvalue weighted by Crippen LogP contribution is -2.32. The molecule has 84 valence electrons. The lowest BCUT2D eigenvalue weighted by Gasteiger charge is -2.27. The number of nitrogens with two attached hydrogens (primary N) is 1. The number of pyridine rings is 1. The molecule has 0 spiro atoms. The van der Waals surface area contributed by atoms with E-state index in [4.69, 9.17) is 10.8 Å². The van der Waals surface area contributed by atoms with E-state index in [1.165, 1.54) is 0 Å². The summed E-state index contributed by atoms with van der Waals surface area (Å²) in [6, 6.07) is 1.87. The van der Waals surface area contributed by atoms with Gasteiger partial charge in [-0.1, -0.05) is 0 Å². The molecule has 0 aliphatic carbocycles. The average molecular weight is 209 g/mol. The quantitative estimate of drug-likeness (QED) is 0.703. The lowest BCUT2D eigenvalue weighted by molar-refractivity contribution is 0.260. The number of rotatable bonds is 4. The van der Waals surface area contributed by atoms with Crippen LogP contribution < -0.4 is 11.1 Å². The van der Waals surface area contributed by atoms with E-state index >= 15 is 0 Å². The molecule has 0 bridgehead atoms. The fraction of sp³-hybridized carbons (Fsp3) is 0.545. The van der Waals surface area contributed by atoms with Crippen LogP contribution in [0.4, 0.5) is 11.5 Å². The molecule has 0 radical (unpaired) electrons. The fourth-order valence-corrected chi connectivity index (χ4v) is 1.33. The van der Waals surface area contributed by atoms with Gasteiger partial charge >= 0.3 is 0 Å². The van der Waals surface area contributed by atoms with Crippen molar-refractivity contribution in [2.24, 2.45) is 0 Å². The number of aromatic nitrogens is 1. The Balaban J connectivity index is 2.85. The van der Waals surface area contributed by atoms with E-state index in [1.807, 2.05) is 26.8 Å². The van der Waals surface area contributed by atoms with Crippen molar-refractivity contribution in [3.8, 4) is 0 Å². The second-order valence-electron chi connectivity index (χ2n) is 4.37. The number of aliphatic hydroxyl groups is 1. The van der Waals surface area contributed by atoms with Crippen molar-refractivity contribution < 1.29 is 5.11 Å². The van der Waals surface area contributed by atoms with Gasteiger partial charge in [0, 0.05) is 18.3 Å². The third-order valence-electron chi connectivity index (χ3n) is 2.40. The van der Waals surface area contributed by atoms with E-state index in [0.29, 0.717) is 17.9 Å². The first-order chi connectivity index (χ1) is 6.96. The molecule has 4 nitrogen and oxygen atoms in total. The fourth-order valence-electron chi connectivity index (χ4n) is 1.33. The van der Waals surface area contributed by atoms with Crippen LogP contribution in [0.25, 0.3) is 0 Å². The van der Waals surface area contributed by atoms with Crippen LogP contribution in [0.15, 0.2) is 12.3 Å². The topological polar surface area (TPSA) is 71.2 Å². The number of nitrogens with zero attached hydrogens (tertiary/aromatic N) is 1. The Bertz CT molecular complexity index is 337. The van der Waals surface area contributed by atoms with E-state index in [9.17, 15) is 0 Å². The van der Waals surface area contributed by atoms with Crippen LogP contribution in [-0.2, 0) is 0 Å². The van der Waals surface area contributed by atoms with Crippen LogP contribution in [0.5, 0.6) is 0 Å². The molecule has 0 aromatic carbocycles. The molecule has 0 aliphatic rings. The van der Waals surface area contributed by atoms with Crippen molar-refractivity contribution in [3.63, 3.8) is 0 Å². The molecule has 1 aromatic rings. The van der Waals surface area contributed by atoms with Crippen molar-refractivity contribution in [3.05, 3.63) is 17.8 Å². The van der Waals surface area contributed by atoms with Crippen LogP contribution in [0.3, 0.4) is 0 Å². The summed E-state index contributed by atoms with van der Waals surface area (Å²) in [5.41, 5.74) is 7.37. The van der Waals surface area contributed by atoms with Crippen LogP contribution in [-0.4, -0.2) is 22.2 Å². The maximum Gasteiger partial charge on any atom is 0.149 e. The molecule has 0 saturated carbocycles. The molecule has 0 amide bonds. The monoisotopic (exact) mass is 209 g/mol. The maximum atomic E-state index is 8.91. The van der Waals surface area contributed by atoms with Crippen LogP contribution in [0, 0.1) is 6.92 Å². The first-order valence-electron chi connectivity index (χ1n) is 5.06. The third-order valence-corrected chi connectivity index (χ3v) is 2.40. The molecular weight excluding hydrogens is 190 g/mol. The highest BCUT2D eigenvalue weighted by Crippen LogP contribution is 2.23. The summed E-state index contributed by atoms with van der Waals surface area (Å²) in [5.74, 6) is 0.688. The van der Waals surface area contributed by atoms with Crippen molar-refractivity contribution >= 4 is 11.5 Å². The first-order valence-corrected chi connectivity index (χ1v) is 5.06. The Morgan fingerprint density at radius 3 is 2.80 bits per heavy atom. The second kappa shape index (κ2) is 4.49. The highest BCUT2D eigenvalue weighted by molar-refractivity contribution is 5.65. The molecule has 4 N–H and O–H groups in total. The van der Waals surface area contributed by atoms with Crippen molar-refractivity contribution in [2.45, 2.75) is 32.7 Å². The van der Waals surface area contributed by atoms with Crippen LogP contribution in [0.2, 0.25) is 0 Å². The third kappa shape index (κ3) is 3.09. The Morgan fingerprint density at radius 2 is 2.20 bits per heavy atom. The number of hydrogen-bond acceptors (Lipinski definition) is 4. The zero-order valence-corrected chi connectivity index (χ0v) is 9.54. The summed E-state index contributed by atoms with van der Waals surface area (Å²) in [4.78, 5) is 4.19. The van der Waals surface area contributed by atoms with Gasteiger partial charge in [-0.2, -0.15) is 0 Å². The van der Waals surface area contributed by atoms with Gasteiger partial charge in [0.15, 0.2) is 0 Å². The van der Waals surface area contributed by atoms with E-state index in [1.54, 1.807) is 6.20 Å². The molecule has 15 heavy (non-hydrogen) atoms. The minimum Gasteiger partial charge on any atom is -0.396 e. The molecule has 4 heteroatoms. The van der Waals surface area contributed by atoms with Gasteiger partial charge in [0.25, 0.3) is 0 Å². The molecule has 0 aliphatic heterocycles. The molecule has 0 saturated heterocycles. The number of aliphatic hydroxyl groups excluding tert-OH is 1. The van der Waals surface area contributed by atoms with Crippen molar-refractivity contribution in [1.29, 1.82) is 0 Å². The zero-order chi connectivity index (χ0) is 11.5. The minimum atomic E-state index is -0.205. The highest BCUT2D eigenvalue weighted by Gasteiger charge is 2.18. The summed E-state index contributed by atoms with van der Waals surface area (Å²) >= 11 is 0. The molecule has 0 unspecified atom stereocenters. The maximum absolute atomic E-state index is 8.91. The molecule has 1 heterocycles. The normalized spacial score (nSPS) is 11.5. The molecule has 1 aromatic heterocycles. The van der Waals surface area contributed by atoms with Crippen molar-refractivity contribution in [2.75, 3.05) is 17.7 Å². The van der Waals surface area contributed by atoms with Gasteiger partial charge in [-0.05, 0) is 38.8 Å². The van der Waals surface area contributed by atoms with Gasteiger partial charge in [-0.25, -0.2) is 4.98 Å². The van der Waals surface area contributed by atoms with Gasteiger partial charge in [-0.15, -0.1) is 0 Å². The number of nitrogen functional groups attached to an aromatic ring is 1. The summed E-state index contributed by atoms with van der Waals surface area (Å²) in [5, 5.41) is 12.1. The van der Waals surface area contributed by atoms with Crippen LogP contribution >= 0.6 is 0 Å². The number of aryl methyl sites for hydroxylation is 1. The van der Waals surface area contributed by atoms with E-state index < -0.39 is 0 Å². The standard InChI is InChI=1S/C11H19N3O/c1-8-4-6-13-10(9(8)12)14-11(2,3)5-7-15/h4,6,15H,5,7,12H2,1-3H3,(H,13,14). The first kappa shape index (κ1) is 11.8. The summed E-state index contributed by atoms with van der Waals surface area (Å²) in [7, 11) is 0. The van der Waals surface area contributed by atoms with Crippen LogP contribution in [0.1, 0.15) is 25.8 Å². The summed E-state index contributed by atoms with van der Waals surface area (Å²) in [6.07, 6.45) is 2.38. The van der Waals surface area contributed by atoms with Gasteiger partial charge in [0.2, 0.25) is 0 Å². The Labute approximate surface area is 90.5 Å². The van der Waals surface area contributed by atoms with E-state index in [0.717, 1.165) is 5.56 Å². The predicted octanol–water partition coefficient (Wildman–Crippen LogP) is 1.55. The second-order valence-corrected chi connectivity index (χ2v) is 4.37. The zero-order valence-electron chi connectivity index (χ0n) is 9.54. The Kier molecular flexibility index (Phi) is 3.52. The summed E-state index contributed by atoms with van der Waals surface area (Å²) in [6.45, 7) is 6.10. The van der Waals surface area contributed by atoms with E-state index in [2.05, 4.69) is 10.3 Å². The SMILES string of the molecule is Cc1ccnc(NC(C)(C)CCO)c1N. The molecule has 0 fully saturated rings. The van der Waals surface area contributed by atoms with Gasteiger partial charge < -0.3 is 16.2 Å². The van der Waals surface area contributed by atoms with Gasteiger partial charge in [0.1, 0.15) is 5.82 Å². The molecular formula is C11H19N3O. The largest absolute Gasteiger partial charge is 0.396 e. The molecule has 1 rings (SSSR count). The Hall–Kier alpha value is -1.29. The lowest BCUT2D eigenvalue weighted by atomic mass is 10.0. The van der Waals surface area contributed by atoms with Gasteiger partial charge in [-0.3, -0.25) is 0 Å². The minimum absolute atomic E-state index is 0.145. The number of hydrogen-bond donors (Lipinski definition) is 3. The highest BCUT2D eigenvalue weighted by atomic mass is 16.3. The average Bonchev–Trinajstić information content (AvgIpc) is 2.12. The van der Waals surface area contributed by atoms with Crippen molar-refractivity contribution in [1.82, 2.24) is 4.98 Å². The van der Waals surface area contributed by atoms with Gasteiger partial charge in [0.05, 0.1) is 5.69 Å². The molecule has 0 atom stereocenters. The Morgan fingerprint density at radius 1 is 1.53 bits per heavy atom. The number of anilines is 2. The summed E-state index contributed by atoms with van der Waals surface area (Å²) < 4.78 is 0.